The van der Waals surface area contributed by atoms with Crippen LogP contribution in [0.1, 0.15) is 5.56 Å². The van der Waals surface area contributed by atoms with Crippen LogP contribution in [0.4, 0.5) is 5.69 Å². The van der Waals surface area contributed by atoms with Gasteiger partial charge in [-0.1, -0.05) is 12.1 Å². The van der Waals surface area contributed by atoms with Crippen LogP contribution in [0.15, 0.2) is 41.3 Å². The van der Waals surface area contributed by atoms with E-state index in [0.29, 0.717) is 0 Å². The van der Waals surface area contributed by atoms with Crippen LogP contribution in [0.3, 0.4) is 0 Å². The molecule has 2 aromatic rings. The quantitative estimate of drug-likeness (QED) is 0.856. The van der Waals surface area contributed by atoms with Crippen LogP contribution in [0.5, 0.6) is 0 Å². The number of pyridine rings is 1. The molecule has 0 bridgehead atoms. The van der Waals surface area contributed by atoms with Crippen molar-refractivity contribution in [2.75, 3.05) is 12.4 Å². The minimum Gasteiger partial charge on any atom is -0.388 e. The lowest BCUT2D eigenvalue weighted by Gasteiger charge is -2.08. The number of aromatic nitrogens is 1. The van der Waals surface area contributed by atoms with Crippen LogP contribution in [0.2, 0.25) is 0 Å². The Morgan fingerprint density at radius 1 is 1.24 bits per heavy atom. The van der Waals surface area contributed by atoms with Gasteiger partial charge in [0.15, 0.2) is 0 Å². The zero-order chi connectivity index (χ0) is 12.4. The molecule has 1 heterocycles. The summed E-state index contributed by atoms with van der Waals surface area (Å²) in [7, 11) is 3.65. The Hall–Kier alpha value is -2.03. The number of rotatable bonds is 2. The van der Waals surface area contributed by atoms with Crippen LogP contribution < -0.4 is 10.9 Å². The maximum Gasteiger partial charge on any atom is 0.258 e. The SMILES string of the molecule is CNc1cc(-c2cccn(C)c2=O)ccc1C. The predicted octanol–water partition coefficient (Wildman–Crippen LogP) is 2.40. The van der Waals surface area contributed by atoms with Crippen molar-refractivity contribution in [2.45, 2.75) is 6.92 Å². The third-order valence-corrected chi connectivity index (χ3v) is 2.94. The largest absolute Gasteiger partial charge is 0.388 e. The summed E-state index contributed by atoms with van der Waals surface area (Å²) in [6, 6.07) is 9.74. The molecule has 0 spiro atoms. The van der Waals surface area contributed by atoms with Crippen molar-refractivity contribution in [1.29, 1.82) is 0 Å². The molecule has 0 aliphatic heterocycles. The average molecular weight is 228 g/mol. The maximum atomic E-state index is 12.0. The van der Waals surface area contributed by atoms with E-state index in [9.17, 15) is 4.79 Å². The van der Waals surface area contributed by atoms with Gasteiger partial charge in [0, 0.05) is 31.5 Å². The van der Waals surface area contributed by atoms with E-state index in [-0.39, 0.29) is 5.56 Å². The van der Waals surface area contributed by atoms with Gasteiger partial charge in [-0.05, 0) is 36.2 Å². The molecule has 17 heavy (non-hydrogen) atoms. The summed E-state index contributed by atoms with van der Waals surface area (Å²) in [4.78, 5) is 12.0. The van der Waals surface area contributed by atoms with Crippen LogP contribution in [0, 0.1) is 6.92 Å². The smallest absolute Gasteiger partial charge is 0.258 e. The molecule has 0 radical (unpaired) electrons. The van der Waals surface area contributed by atoms with Crippen LogP contribution in [-0.2, 0) is 7.05 Å². The van der Waals surface area contributed by atoms with Gasteiger partial charge >= 0.3 is 0 Å². The monoisotopic (exact) mass is 228 g/mol. The molecular formula is C14H16N2O. The van der Waals surface area contributed by atoms with Gasteiger partial charge in [0.25, 0.3) is 5.56 Å². The molecule has 0 fully saturated rings. The maximum absolute atomic E-state index is 12.0. The second kappa shape index (κ2) is 4.45. The molecule has 88 valence electrons. The van der Waals surface area contributed by atoms with Gasteiger partial charge in [0.05, 0.1) is 0 Å². The average Bonchev–Trinajstić information content (AvgIpc) is 2.34. The zero-order valence-electron chi connectivity index (χ0n) is 10.3. The van der Waals surface area contributed by atoms with Crippen molar-refractivity contribution in [3.63, 3.8) is 0 Å². The fourth-order valence-corrected chi connectivity index (χ4v) is 1.88. The van der Waals surface area contributed by atoms with E-state index in [1.807, 2.05) is 44.3 Å². The van der Waals surface area contributed by atoms with E-state index in [0.717, 1.165) is 16.8 Å². The molecule has 3 heteroatoms. The van der Waals surface area contributed by atoms with Gasteiger partial charge in [-0.15, -0.1) is 0 Å². The summed E-state index contributed by atoms with van der Waals surface area (Å²) < 4.78 is 1.59. The summed E-state index contributed by atoms with van der Waals surface area (Å²) in [6.45, 7) is 2.04. The number of nitrogens with one attached hydrogen (secondary N) is 1. The fraction of sp³-hybridized carbons (Fsp3) is 0.214. The Kier molecular flexibility index (Phi) is 3.00. The summed E-state index contributed by atoms with van der Waals surface area (Å²) in [6.07, 6.45) is 1.76. The van der Waals surface area contributed by atoms with Crippen molar-refractivity contribution in [3.8, 4) is 11.1 Å². The second-order valence-electron chi connectivity index (χ2n) is 4.12. The molecule has 0 aliphatic carbocycles. The Labute approximate surface area is 101 Å². The number of aryl methyl sites for hydroxylation is 2. The number of hydrogen-bond acceptors (Lipinski definition) is 2. The zero-order valence-corrected chi connectivity index (χ0v) is 10.3. The first-order valence-electron chi connectivity index (χ1n) is 5.58. The van der Waals surface area contributed by atoms with Gasteiger partial charge in [0.1, 0.15) is 0 Å². The van der Waals surface area contributed by atoms with Gasteiger partial charge < -0.3 is 9.88 Å². The third-order valence-electron chi connectivity index (χ3n) is 2.94. The van der Waals surface area contributed by atoms with Gasteiger partial charge in [-0.3, -0.25) is 4.79 Å². The van der Waals surface area contributed by atoms with E-state index in [1.54, 1.807) is 17.8 Å². The number of benzene rings is 1. The normalized spacial score (nSPS) is 10.3. The van der Waals surface area contributed by atoms with Crippen molar-refractivity contribution in [1.82, 2.24) is 4.57 Å². The minimum atomic E-state index is 0.0263. The van der Waals surface area contributed by atoms with Gasteiger partial charge in [-0.2, -0.15) is 0 Å². The van der Waals surface area contributed by atoms with Gasteiger partial charge in [-0.25, -0.2) is 0 Å². The number of nitrogens with zero attached hydrogens (tertiary/aromatic N) is 1. The fourth-order valence-electron chi connectivity index (χ4n) is 1.88. The molecule has 3 nitrogen and oxygen atoms in total. The Bertz CT molecular complexity index is 599. The lowest BCUT2D eigenvalue weighted by Crippen LogP contribution is -2.17. The highest BCUT2D eigenvalue weighted by Crippen LogP contribution is 2.22. The van der Waals surface area contributed by atoms with Crippen molar-refractivity contribution < 1.29 is 0 Å². The highest BCUT2D eigenvalue weighted by molar-refractivity contribution is 5.69. The lowest BCUT2D eigenvalue weighted by atomic mass is 10.0. The molecule has 0 atom stereocenters. The van der Waals surface area contributed by atoms with Crippen LogP contribution in [-0.4, -0.2) is 11.6 Å². The van der Waals surface area contributed by atoms with Crippen molar-refractivity contribution in [3.05, 3.63) is 52.4 Å². The Balaban J connectivity index is 2.61. The van der Waals surface area contributed by atoms with Crippen LogP contribution >= 0.6 is 0 Å². The first-order valence-corrected chi connectivity index (χ1v) is 5.58. The predicted molar refractivity (Wildman–Crippen MR) is 71.4 cm³/mol. The van der Waals surface area contributed by atoms with E-state index in [1.165, 1.54) is 5.56 Å². The molecule has 1 aromatic heterocycles. The van der Waals surface area contributed by atoms with E-state index < -0.39 is 0 Å². The number of hydrogen-bond donors (Lipinski definition) is 1. The number of anilines is 1. The third kappa shape index (κ3) is 2.09. The van der Waals surface area contributed by atoms with E-state index >= 15 is 0 Å². The molecule has 0 amide bonds. The lowest BCUT2D eigenvalue weighted by molar-refractivity contribution is 0.863. The van der Waals surface area contributed by atoms with Crippen molar-refractivity contribution in [2.24, 2.45) is 7.05 Å². The summed E-state index contributed by atoms with van der Waals surface area (Å²) in [5, 5.41) is 3.13. The molecule has 1 N–H and O–H groups in total. The molecule has 0 saturated carbocycles. The molecule has 2 rings (SSSR count). The first-order chi connectivity index (χ1) is 8.13. The topological polar surface area (TPSA) is 34.0 Å². The highest BCUT2D eigenvalue weighted by Gasteiger charge is 2.05. The Morgan fingerprint density at radius 2 is 2.00 bits per heavy atom. The summed E-state index contributed by atoms with van der Waals surface area (Å²) in [5.41, 5.74) is 3.92. The molecule has 0 aliphatic rings. The standard InChI is InChI=1S/C14H16N2O/c1-10-6-7-11(9-13(10)15-2)12-5-4-8-16(3)14(12)17/h4-9,15H,1-3H3. The summed E-state index contributed by atoms with van der Waals surface area (Å²) >= 11 is 0. The van der Waals surface area contributed by atoms with E-state index in [4.69, 9.17) is 0 Å². The van der Waals surface area contributed by atoms with E-state index in [2.05, 4.69) is 5.32 Å². The summed E-state index contributed by atoms with van der Waals surface area (Å²) in [5.74, 6) is 0. The minimum absolute atomic E-state index is 0.0263. The molecule has 0 saturated heterocycles. The Morgan fingerprint density at radius 3 is 2.71 bits per heavy atom. The molecular weight excluding hydrogens is 212 g/mol. The first kappa shape index (κ1) is 11.5. The molecule has 1 aromatic carbocycles. The second-order valence-corrected chi connectivity index (χ2v) is 4.12. The highest BCUT2D eigenvalue weighted by atomic mass is 16.1. The van der Waals surface area contributed by atoms with Crippen LogP contribution in [0.25, 0.3) is 11.1 Å². The van der Waals surface area contributed by atoms with Gasteiger partial charge in [0.2, 0.25) is 0 Å². The molecule has 0 unspecified atom stereocenters. The van der Waals surface area contributed by atoms with Crippen molar-refractivity contribution >= 4 is 5.69 Å².